The summed E-state index contributed by atoms with van der Waals surface area (Å²) in [6.07, 6.45) is 5.23. The van der Waals surface area contributed by atoms with Gasteiger partial charge in [-0.05, 0) is 78.8 Å². The highest BCUT2D eigenvalue weighted by atomic mass is 35.5. The third kappa shape index (κ3) is 2.99. The number of hydrogen-bond donors (Lipinski definition) is 0. The molecule has 2 aromatic carbocycles. The third-order valence-electron chi connectivity index (χ3n) is 7.53. The van der Waals surface area contributed by atoms with Crippen molar-refractivity contribution in [2.75, 3.05) is 0 Å². The molecule has 0 aliphatic heterocycles. The van der Waals surface area contributed by atoms with E-state index in [1.807, 2.05) is 30.3 Å². The van der Waals surface area contributed by atoms with E-state index in [-0.39, 0.29) is 23.4 Å². The zero-order chi connectivity index (χ0) is 20.3. The Morgan fingerprint density at radius 2 is 1.48 bits per heavy atom. The van der Waals surface area contributed by atoms with E-state index in [2.05, 4.69) is 6.92 Å². The quantitative estimate of drug-likeness (QED) is 0.524. The van der Waals surface area contributed by atoms with E-state index < -0.39 is 5.92 Å². The van der Waals surface area contributed by atoms with Crippen molar-refractivity contribution < 1.29 is 9.59 Å². The van der Waals surface area contributed by atoms with Crippen LogP contribution in [0.1, 0.15) is 49.7 Å². The van der Waals surface area contributed by atoms with Crippen molar-refractivity contribution in [1.29, 1.82) is 0 Å². The third-order valence-corrected chi connectivity index (χ3v) is 8.07. The smallest absolute Gasteiger partial charge is 0.151 e. The molecule has 6 rings (SSSR count). The van der Waals surface area contributed by atoms with E-state index in [1.54, 1.807) is 6.07 Å². The highest BCUT2D eigenvalue weighted by molar-refractivity contribution is 6.36. The van der Waals surface area contributed by atoms with Gasteiger partial charge in [-0.25, -0.2) is 0 Å². The Kier molecular flexibility index (Phi) is 4.83. The van der Waals surface area contributed by atoms with Crippen molar-refractivity contribution in [1.82, 2.24) is 0 Å². The van der Waals surface area contributed by atoms with Gasteiger partial charge < -0.3 is 0 Å². The minimum Gasteiger partial charge on any atom is -0.298 e. The molecule has 0 N–H and O–H groups in total. The van der Waals surface area contributed by atoms with E-state index >= 15 is 0 Å². The topological polar surface area (TPSA) is 34.1 Å². The molecule has 4 saturated carbocycles. The number of Topliss-reactive ketones (excluding diaryl/α,β-unsaturated/α-hetero) is 2. The lowest BCUT2D eigenvalue weighted by molar-refractivity contribution is -0.129. The molecule has 4 fully saturated rings. The lowest BCUT2D eigenvalue weighted by Gasteiger charge is -2.43. The predicted octanol–water partition coefficient (Wildman–Crippen LogP) is 6.51. The Labute approximate surface area is 181 Å². The van der Waals surface area contributed by atoms with Crippen LogP contribution in [0.4, 0.5) is 0 Å². The highest BCUT2D eigenvalue weighted by Crippen LogP contribution is 2.56. The lowest BCUT2D eigenvalue weighted by atomic mass is 9.59. The molecule has 29 heavy (non-hydrogen) atoms. The van der Waals surface area contributed by atoms with Gasteiger partial charge in [0.2, 0.25) is 0 Å². The number of rotatable bonds is 3. The number of fused-ring (bicyclic) bond motifs is 2. The SMILES string of the molecule is CCc1ccc(-c2ccc(Cl)cc2Cl)cc1C1C(=O)C2C3CCC(CC3)C2C1=O. The highest BCUT2D eigenvalue weighted by Gasteiger charge is 2.59. The van der Waals surface area contributed by atoms with Crippen molar-refractivity contribution in [3.63, 3.8) is 0 Å². The van der Waals surface area contributed by atoms with Gasteiger partial charge in [-0.3, -0.25) is 9.59 Å². The Morgan fingerprint density at radius 1 is 0.862 bits per heavy atom. The number of hydrogen-bond acceptors (Lipinski definition) is 2. The van der Waals surface area contributed by atoms with Gasteiger partial charge in [-0.1, -0.05) is 48.3 Å². The lowest BCUT2D eigenvalue weighted by Crippen LogP contribution is -2.41. The molecule has 4 aliphatic rings. The maximum atomic E-state index is 13.5. The van der Waals surface area contributed by atoms with Gasteiger partial charge in [0, 0.05) is 27.4 Å². The molecule has 0 amide bonds. The summed E-state index contributed by atoms with van der Waals surface area (Å²) in [5.74, 6) is 0.454. The number of benzene rings is 2. The normalized spacial score (nSPS) is 30.7. The summed E-state index contributed by atoms with van der Waals surface area (Å²) in [7, 11) is 0. The molecule has 2 bridgehead atoms. The zero-order valence-electron chi connectivity index (χ0n) is 16.5. The first-order chi connectivity index (χ1) is 14.0. The van der Waals surface area contributed by atoms with Crippen LogP contribution in [0.15, 0.2) is 36.4 Å². The molecule has 2 nitrogen and oxygen atoms in total. The molecule has 2 aromatic rings. The molecule has 2 atom stereocenters. The fourth-order valence-electron chi connectivity index (χ4n) is 6.18. The van der Waals surface area contributed by atoms with E-state index in [4.69, 9.17) is 23.2 Å². The molecule has 4 aliphatic carbocycles. The summed E-state index contributed by atoms with van der Waals surface area (Å²) in [6, 6.07) is 11.5. The van der Waals surface area contributed by atoms with Gasteiger partial charge in [0.1, 0.15) is 5.92 Å². The largest absolute Gasteiger partial charge is 0.298 e. The minimum atomic E-state index is -0.604. The van der Waals surface area contributed by atoms with E-state index in [0.29, 0.717) is 21.9 Å². The average molecular weight is 427 g/mol. The first kappa shape index (κ1) is 19.3. The summed E-state index contributed by atoms with van der Waals surface area (Å²) in [5, 5.41) is 1.16. The average Bonchev–Trinajstić information content (AvgIpc) is 3.01. The molecule has 4 heteroatoms. The van der Waals surface area contributed by atoms with Gasteiger partial charge in [0.05, 0.1) is 0 Å². The fourth-order valence-corrected chi connectivity index (χ4v) is 6.69. The van der Waals surface area contributed by atoms with Crippen LogP contribution in [-0.4, -0.2) is 11.6 Å². The van der Waals surface area contributed by atoms with Crippen molar-refractivity contribution in [3.05, 3.63) is 57.6 Å². The Balaban J connectivity index is 1.60. The Morgan fingerprint density at radius 3 is 2.03 bits per heavy atom. The summed E-state index contributed by atoms with van der Waals surface area (Å²) in [5.41, 5.74) is 3.77. The molecule has 150 valence electrons. The van der Waals surface area contributed by atoms with Crippen molar-refractivity contribution >= 4 is 34.8 Å². The van der Waals surface area contributed by atoms with Crippen LogP contribution in [0.3, 0.4) is 0 Å². The van der Waals surface area contributed by atoms with Crippen LogP contribution >= 0.6 is 23.2 Å². The molecule has 2 unspecified atom stereocenters. The molecule has 0 aromatic heterocycles. The van der Waals surface area contributed by atoms with Crippen molar-refractivity contribution in [2.24, 2.45) is 23.7 Å². The van der Waals surface area contributed by atoms with Gasteiger partial charge in [0.25, 0.3) is 0 Å². The van der Waals surface area contributed by atoms with Crippen LogP contribution in [0.5, 0.6) is 0 Å². The van der Waals surface area contributed by atoms with Crippen LogP contribution < -0.4 is 0 Å². The van der Waals surface area contributed by atoms with Crippen LogP contribution in [0.2, 0.25) is 10.0 Å². The summed E-state index contributed by atoms with van der Waals surface area (Å²) < 4.78 is 0. The Hall–Kier alpha value is -1.64. The van der Waals surface area contributed by atoms with Gasteiger partial charge in [-0.15, -0.1) is 0 Å². The first-order valence-corrected chi connectivity index (χ1v) is 11.4. The van der Waals surface area contributed by atoms with Gasteiger partial charge in [-0.2, -0.15) is 0 Å². The zero-order valence-corrected chi connectivity index (χ0v) is 18.0. The van der Waals surface area contributed by atoms with Gasteiger partial charge >= 0.3 is 0 Å². The second-order valence-electron chi connectivity index (χ2n) is 8.86. The minimum absolute atomic E-state index is 0.0486. The standard InChI is InChI=1S/C25H24Cl2O2/c1-2-13-3-8-16(18-10-9-17(26)12-20(18)27)11-19(13)23-24(28)21-14-4-5-15(7-6-14)22(21)25(23)29/h3,8-12,14-15,21-23H,2,4-7H2,1H3. The molecular weight excluding hydrogens is 403 g/mol. The summed E-state index contributed by atoms with van der Waals surface area (Å²) in [4.78, 5) is 27.0. The van der Waals surface area contributed by atoms with Gasteiger partial charge in [0.15, 0.2) is 11.6 Å². The molecule has 0 saturated heterocycles. The van der Waals surface area contributed by atoms with Crippen LogP contribution in [-0.2, 0) is 16.0 Å². The van der Waals surface area contributed by atoms with E-state index in [0.717, 1.165) is 54.4 Å². The van der Waals surface area contributed by atoms with Crippen LogP contribution in [0.25, 0.3) is 11.1 Å². The second kappa shape index (κ2) is 7.25. The Bertz CT molecular complexity index is 974. The molecule has 0 radical (unpaired) electrons. The van der Waals surface area contributed by atoms with E-state index in [9.17, 15) is 9.59 Å². The second-order valence-corrected chi connectivity index (χ2v) is 9.70. The molecular formula is C25H24Cl2O2. The number of halogens is 2. The predicted molar refractivity (Wildman–Crippen MR) is 116 cm³/mol. The van der Waals surface area contributed by atoms with Crippen molar-refractivity contribution in [2.45, 2.75) is 44.9 Å². The number of ketones is 2. The fraction of sp³-hybridized carbons (Fsp3) is 0.440. The number of aryl methyl sites for hydroxylation is 1. The number of carbonyl (C=O) groups excluding carboxylic acids is 2. The summed E-state index contributed by atoms with van der Waals surface area (Å²) in [6.45, 7) is 2.08. The monoisotopic (exact) mass is 426 g/mol. The maximum Gasteiger partial charge on any atom is 0.151 e. The van der Waals surface area contributed by atoms with Crippen LogP contribution in [0, 0.1) is 23.7 Å². The molecule has 0 heterocycles. The van der Waals surface area contributed by atoms with E-state index in [1.165, 1.54) is 0 Å². The number of carbonyl (C=O) groups is 2. The first-order valence-electron chi connectivity index (χ1n) is 10.6. The van der Waals surface area contributed by atoms with Crippen molar-refractivity contribution in [3.8, 4) is 11.1 Å². The summed E-state index contributed by atoms with van der Waals surface area (Å²) >= 11 is 12.5. The maximum absolute atomic E-state index is 13.5. The molecule has 0 spiro atoms.